The largest absolute Gasteiger partial charge is 0.481 e. The smallest absolute Gasteiger partial charge is 0.307 e. The van der Waals surface area contributed by atoms with Gasteiger partial charge in [0.2, 0.25) is 5.91 Å². The van der Waals surface area contributed by atoms with Gasteiger partial charge in [-0.3, -0.25) is 9.59 Å². The molecule has 1 amide bonds. The van der Waals surface area contributed by atoms with Crippen LogP contribution in [0, 0.1) is 29.6 Å². The molecular weight excluding hydrogens is 254 g/mol. The van der Waals surface area contributed by atoms with Crippen molar-refractivity contribution in [3.05, 3.63) is 12.2 Å². The van der Waals surface area contributed by atoms with Gasteiger partial charge in [-0.2, -0.15) is 0 Å². The minimum Gasteiger partial charge on any atom is -0.481 e. The first-order valence-electron chi connectivity index (χ1n) is 7.74. The van der Waals surface area contributed by atoms with Gasteiger partial charge in [0.25, 0.3) is 0 Å². The summed E-state index contributed by atoms with van der Waals surface area (Å²) in [4.78, 5) is 25.9. The van der Waals surface area contributed by atoms with Gasteiger partial charge in [0, 0.05) is 13.6 Å². The Labute approximate surface area is 119 Å². The molecule has 3 rings (SSSR count). The fourth-order valence-electron chi connectivity index (χ4n) is 4.42. The third-order valence-corrected chi connectivity index (χ3v) is 5.41. The molecule has 0 aliphatic heterocycles. The second-order valence-electron chi connectivity index (χ2n) is 6.71. The quantitative estimate of drug-likeness (QED) is 0.801. The Morgan fingerprint density at radius 2 is 1.75 bits per heavy atom. The molecule has 0 aromatic carbocycles. The van der Waals surface area contributed by atoms with Crippen molar-refractivity contribution in [2.75, 3.05) is 13.6 Å². The third kappa shape index (κ3) is 2.25. The maximum absolute atomic E-state index is 12.7. The number of carboxylic acid groups (broad SMARTS) is 1. The Hall–Kier alpha value is -1.32. The maximum Gasteiger partial charge on any atom is 0.307 e. The average Bonchev–Trinajstić information content (AvgIpc) is 3.12. The number of amides is 1. The predicted molar refractivity (Wildman–Crippen MR) is 74.9 cm³/mol. The number of aliphatic carboxylic acids is 1. The third-order valence-electron chi connectivity index (χ3n) is 5.41. The van der Waals surface area contributed by atoms with Gasteiger partial charge in [-0.15, -0.1) is 0 Å². The SMILES string of the molecule is CN(CC1CCCC1)C(=O)C1C2C=CC(C2)C1C(=O)O. The Balaban J connectivity index is 1.69. The highest BCUT2D eigenvalue weighted by Gasteiger charge is 2.52. The zero-order valence-corrected chi connectivity index (χ0v) is 12.0. The van der Waals surface area contributed by atoms with Crippen LogP contribution < -0.4 is 0 Å². The molecule has 0 spiro atoms. The molecule has 4 heteroatoms. The van der Waals surface area contributed by atoms with Gasteiger partial charge in [-0.05, 0) is 37.0 Å². The fourth-order valence-corrected chi connectivity index (χ4v) is 4.42. The summed E-state index contributed by atoms with van der Waals surface area (Å²) in [6.07, 6.45) is 9.82. The zero-order valence-electron chi connectivity index (χ0n) is 12.0. The van der Waals surface area contributed by atoms with Crippen molar-refractivity contribution in [1.29, 1.82) is 0 Å². The van der Waals surface area contributed by atoms with Gasteiger partial charge >= 0.3 is 5.97 Å². The topological polar surface area (TPSA) is 57.6 Å². The number of rotatable bonds is 4. The normalized spacial score (nSPS) is 35.6. The minimum absolute atomic E-state index is 0.0427. The van der Waals surface area contributed by atoms with Crippen LogP contribution in [0.4, 0.5) is 0 Å². The highest BCUT2D eigenvalue weighted by atomic mass is 16.4. The van der Waals surface area contributed by atoms with E-state index in [1.165, 1.54) is 25.7 Å². The molecule has 0 radical (unpaired) electrons. The van der Waals surface area contributed by atoms with Crippen molar-refractivity contribution in [2.45, 2.75) is 32.1 Å². The van der Waals surface area contributed by atoms with Crippen molar-refractivity contribution in [2.24, 2.45) is 29.6 Å². The van der Waals surface area contributed by atoms with Crippen LogP contribution in [0.5, 0.6) is 0 Å². The second-order valence-corrected chi connectivity index (χ2v) is 6.71. The summed E-state index contributed by atoms with van der Waals surface area (Å²) in [6.45, 7) is 0.794. The summed E-state index contributed by atoms with van der Waals surface area (Å²) in [5.41, 5.74) is 0. The summed E-state index contributed by atoms with van der Waals surface area (Å²) in [5, 5.41) is 9.42. The highest BCUT2D eigenvalue weighted by Crippen LogP contribution is 2.48. The number of hydrogen-bond acceptors (Lipinski definition) is 2. The molecule has 4 unspecified atom stereocenters. The van der Waals surface area contributed by atoms with Crippen molar-refractivity contribution in [1.82, 2.24) is 4.90 Å². The molecule has 4 nitrogen and oxygen atoms in total. The van der Waals surface area contributed by atoms with Gasteiger partial charge in [0.05, 0.1) is 11.8 Å². The van der Waals surface area contributed by atoms with E-state index in [-0.39, 0.29) is 23.7 Å². The maximum atomic E-state index is 12.7. The Morgan fingerprint density at radius 3 is 2.35 bits per heavy atom. The van der Waals surface area contributed by atoms with Crippen molar-refractivity contribution < 1.29 is 14.7 Å². The highest BCUT2D eigenvalue weighted by molar-refractivity contribution is 5.86. The standard InChI is InChI=1S/C16H23NO3/c1-17(9-10-4-2-3-5-10)15(18)13-11-6-7-12(8-11)14(13)16(19)20/h6-7,10-14H,2-5,8-9H2,1H3,(H,19,20). The lowest BCUT2D eigenvalue weighted by atomic mass is 9.82. The molecule has 110 valence electrons. The molecule has 20 heavy (non-hydrogen) atoms. The van der Waals surface area contributed by atoms with Crippen molar-refractivity contribution in [3.63, 3.8) is 0 Å². The summed E-state index contributed by atoms with van der Waals surface area (Å²) in [6, 6.07) is 0. The fraction of sp³-hybridized carbons (Fsp3) is 0.750. The molecule has 0 aromatic heterocycles. The van der Waals surface area contributed by atoms with E-state index in [2.05, 4.69) is 6.08 Å². The molecular formula is C16H23NO3. The molecule has 3 aliphatic rings. The van der Waals surface area contributed by atoms with Crippen LogP contribution in [0.25, 0.3) is 0 Å². The lowest BCUT2D eigenvalue weighted by molar-refractivity contribution is -0.150. The van der Waals surface area contributed by atoms with Gasteiger partial charge in [-0.1, -0.05) is 25.0 Å². The van der Waals surface area contributed by atoms with Gasteiger partial charge in [-0.25, -0.2) is 0 Å². The zero-order chi connectivity index (χ0) is 14.3. The van der Waals surface area contributed by atoms with E-state index in [0.717, 1.165) is 13.0 Å². The van der Waals surface area contributed by atoms with Crippen LogP contribution in [-0.4, -0.2) is 35.5 Å². The summed E-state index contributed by atoms with van der Waals surface area (Å²) in [7, 11) is 1.84. The van der Waals surface area contributed by atoms with Crippen LogP contribution in [-0.2, 0) is 9.59 Å². The number of nitrogens with zero attached hydrogens (tertiary/aromatic N) is 1. The van der Waals surface area contributed by atoms with Crippen LogP contribution in [0.1, 0.15) is 32.1 Å². The molecule has 0 heterocycles. The number of carbonyl (C=O) groups is 2. The lowest BCUT2D eigenvalue weighted by Gasteiger charge is -2.30. The number of carboxylic acids is 1. The summed E-state index contributed by atoms with van der Waals surface area (Å²) in [5.74, 6) is -0.805. The van der Waals surface area contributed by atoms with Gasteiger partial charge < -0.3 is 10.0 Å². The van der Waals surface area contributed by atoms with E-state index >= 15 is 0 Å². The van der Waals surface area contributed by atoms with Crippen molar-refractivity contribution in [3.8, 4) is 0 Å². The first-order valence-corrected chi connectivity index (χ1v) is 7.74. The first-order chi connectivity index (χ1) is 9.58. The minimum atomic E-state index is -0.811. The molecule has 3 aliphatic carbocycles. The van der Waals surface area contributed by atoms with E-state index in [1.807, 2.05) is 13.1 Å². The summed E-state index contributed by atoms with van der Waals surface area (Å²) < 4.78 is 0. The molecule has 2 fully saturated rings. The molecule has 2 saturated carbocycles. The number of carbonyl (C=O) groups excluding carboxylic acids is 1. The number of hydrogen-bond donors (Lipinski definition) is 1. The Bertz CT molecular complexity index is 439. The van der Waals surface area contributed by atoms with Crippen LogP contribution >= 0.6 is 0 Å². The molecule has 0 aromatic rings. The Morgan fingerprint density at radius 1 is 1.15 bits per heavy atom. The second kappa shape index (κ2) is 5.23. The predicted octanol–water partition coefficient (Wildman–Crippen LogP) is 2.16. The van der Waals surface area contributed by atoms with Crippen molar-refractivity contribution >= 4 is 11.9 Å². The number of fused-ring (bicyclic) bond motifs is 2. The molecule has 0 saturated heterocycles. The van der Waals surface area contributed by atoms with Crippen LogP contribution in [0.3, 0.4) is 0 Å². The van der Waals surface area contributed by atoms with E-state index in [9.17, 15) is 14.7 Å². The van der Waals surface area contributed by atoms with Crippen LogP contribution in [0.15, 0.2) is 12.2 Å². The van der Waals surface area contributed by atoms with E-state index < -0.39 is 11.9 Å². The lowest BCUT2D eigenvalue weighted by Crippen LogP contribution is -2.42. The van der Waals surface area contributed by atoms with E-state index in [0.29, 0.717) is 5.92 Å². The molecule has 1 N–H and O–H groups in total. The molecule has 2 bridgehead atoms. The van der Waals surface area contributed by atoms with Crippen LogP contribution in [0.2, 0.25) is 0 Å². The summed E-state index contributed by atoms with van der Waals surface area (Å²) >= 11 is 0. The first kappa shape index (κ1) is 13.7. The van der Waals surface area contributed by atoms with E-state index in [4.69, 9.17) is 0 Å². The van der Waals surface area contributed by atoms with Gasteiger partial charge in [0.15, 0.2) is 0 Å². The molecule has 4 atom stereocenters. The average molecular weight is 277 g/mol. The number of allylic oxidation sites excluding steroid dienone is 2. The van der Waals surface area contributed by atoms with Gasteiger partial charge in [0.1, 0.15) is 0 Å². The van der Waals surface area contributed by atoms with E-state index in [1.54, 1.807) is 4.90 Å². The Kier molecular flexibility index (Phi) is 3.57. The monoisotopic (exact) mass is 277 g/mol.